The normalized spacial score (nSPS) is 27.8. The van der Waals surface area contributed by atoms with Crippen LogP contribution in [0.2, 0.25) is 0 Å². The lowest BCUT2D eigenvalue weighted by Crippen LogP contribution is -2.32. The monoisotopic (exact) mass is 198 g/mol. The van der Waals surface area contributed by atoms with Crippen LogP contribution in [-0.2, 0) is 14.3 Å². The minimum absolute atomic E-state index is 0.102. The lowest BCUT2D eigenvalue weighted by molar-refractivity contribution is -0.147. The third-order valence-electron chi connectivity index (χ3n) is 2.63. The van der Waals surface area contributed by atoms with Gasteiger partial charge in [-0.2, -0.15) is 0 Å². The maximum atomic E-state index is 11.3. The van der Waals surface area contributed by atoms with Gasteiger partial charge in [-0.25, -0.2) is 0 Å². The Hall–Kier alpha value is -1.32. The fourth-order valence-electron chi connectivity index (χ4n) is 1.68. The molecule has 14 heavy (non-hydrogen) atoms. The molecule has 4 heteroatoms. The molecule has 0 aromatic rings. The number of Topliss-reactive ketones (excluding diaryl/α,β-unsaturated/α-hetero) is 1. The van der Waals surface area contributed by atoms with Gasteiger partial charge in [0.25, 0.3) is 0 Å². The molecule has 1 aliphatic rings. The summed E-state index contributed by atoms with van der Waals surface area (Å²) in [6.07, 6.45) is 0.287. The molecule has 0 saturated heterocycles. The summed E-state index contributed by atoms with van der Waals surface area (Å²) in [5.41, 5.74) is 0.276. The average molecular weight is 198 g/mol. The highest BCUT2D eigenvalue weighted by atomic mass is 16.5. The first-order valence-corrected chi connectivity index (χ1v) is 4.49. The van der Waals surface area contributed by atoms with Crippen LogP contribution in [0.1, 0.15) is 20.3 Å². The zero-order valence-electron chi connectivity index (χ0n) is 8.53. The summed E-state index contributed by atoms with van der Waals surface area (Å²) < 4.78 is 4.57. The Morgan fingerprint density at radius 3 is 2.64 bits per heavy atom. The highest BCUT2D eigenvalue weighted by Crippen LogP contribution is 2.31. The minimum atomic E-state index is -0.683. The summed E-state index contributed by atoms with van der Waals surface area (Å²) in [7, 11) is 1.27. The van der Waals surface area contributed by atoms with E-state index in [-0.39, 0.29) is 29.5 Å². The highest BCUT2D eigenvalue weighted by molar-refractivity contribution is 5.98. The van der Waals surface area contributed by atoms with Crippen LogP contribution < -0.4 is 0 Å². The van der Waals surface area contributed by atoms with Crippen molar-refractivity contribution < 1.29 is 19.4 Å². The fourth-order valence-corrected chi connectivity index (χ4v) is 1.68. The van der Waals surface area contributed by atoms with Gasteiger partial charge in [-0.3, -0.25) is 9.59 Å². The van der Waals surface area contributed by atoms with Crippen molar-refractivity contribution in [1.29, 1.82) is 0 Å². The molecule has 0 fully saturated rings. The van der Waals surface area contributed by atoms with Gasteiger partial charge in [0.2, 0.25) is 0 Å². The lowest BCUT2D eigenvalue weighted by Gasteiger charge is -2.26. The van der Waals surface area contributed by atoms with E-state index < -0.39 is 11.9 Å². The molecule has 0 amide bonds. The summed E-state index contributed by atoms with van der Waals surface area (Å²) in [6, 6.07) is 0. The largest absolute Gasteiger partial charge is 0.511 e. The Kier molecular flexibility index (Phi) is 2.93. The number of carbonyl (C=O) groups excluding carboxylic acids is 2. The van der Waals surface area contributed by atoms with E-state index in [9.17, 15) is 14.7 Å². The van der Waals surface area contributed by atoms with Gasteiger partial charge in [0.1, 0.15) is 11.7 Å². The van der Waals surface area contributed by atoms with Gasteiger partial charge < -0.3 is 9.84 Å². The van der Waals surface area contributed by atoms with Crippen molar-refractivity contribution in [3.63, 3.8) is 0 Å². The van der Waals surface area contributed by atoms with Crippen LogP contribution in [0.4, 0.5) is 0 Å². The fraction of sp³-hybridized carbons (Fsp3) is 0.600. The van der Waals surface area contributed by atoms with Gasteiger partial charge in [0.15, 0.2) is 5.78 Å². The molecular formula is C10H14O4. The van der Waals surface area contributed by atoms with E-state index in [0.29, 0.717) is 0 Å². The summed E-state index contributed by atoms with van der Waals surface area (Å²) in [6.45, 7) is 3.28. The number of aliphatic hydroxyl groups excluding tert-OH is 1. The van der Waals surface area contributed by atoms with Gasteiger partial charge in [0, 0.05) is 12.0 Å². The molecule has 1 rings (SSSR count). The van der Waals surface area contributed by atoms with Crippen molar-refractivity contribution >= 4 is 11.8 Å². The second kappa shape index (κ2) is 3.82. The van der Waals surface area contributed by atoms with Crippen molar-refractivity contribution in [1.82, 2.24) is 0 Å². The zero-order chi connectivity index (χ0) is 10.9. The molecule has 1 aliphatic carbocycles. The molecule has 0 radical (unpaired) electrons. The standard InChI is InChI=1S/C10H14O4/c1-5-4-7(11)6(2)9(12)8(5)10(13)14-3/h5,8,12H,4H2,1-3H3/t5-,8+/m0/s1. The number of hydrogen-bond acceptors (Lipinski definition) is 4. The topological polar surface area (TPSA) is 63.6 Å². The zero-order valence-corrected chi connectivity index (χ0v) is 8.53. The molecule has 0 unspecified atom stereocenters. The van der Waals surface area contributed by atoms with Crippen LogP contribution >= 0.6 is 0 Å². The molecule has 0 aromatic carbocycles. The Bertz CT molecular complexity index is 303. The Balaban J connectivity index is 3.05. The number of rotatable bonds is 1. The van der Waals surface area contributed by atoms with Crippen LogP contribution in [-0.4, -0.2) is 24.0 Å². The molecule has 0 spiro atoms. The van der Waals surface area contributed by atoms with Crippen LogP contribution in [0.3, 0.4) is 0 Å². The average Bonchev–Trinajstić information content (AvgIpc) is 2.14. The molecule has 0 saturated carbocycles. The quantitative estimate of drug-likeness (QED) is 0.643. The third-order valence-corrected chi connectivity index (χ3v) is 2.63. The second-order valence-corrected chi connectivity index (χ2v) is 3.62. The van der Waals surface area contributed by atoms with Gasteiger partial charge >= 0.3 is 5.97 Å². The first-order chi connectivity index (χ1) is 6.49. The molecular weight excluding hydrogens is 184 g/mol. The molecule has 0 aliphatic heterocycles. The van der Waals surface area contributed by atoms with Crippen LogP contribution in [0, 0.1) is 11.8 Å². The van der Waals surface area contributed by atoms with E-state index in [1.165, 1.54) is 14.0 Å². The second-order valence-electron chi connectivity index (χ2n) is 3.62. The third kappa shape index (κ3) is 1.64. The smallest absolute Gasteiger partial charge is 0.316 e. The molecule has 78 valence electrons. The SMILES string of the molecule is COC(=O)[C@H]1C(O)=C(C)C(=O)C[C@@H]1C. The number of ether oxygens (including phenoxy) is 1. The summed E-state index contributed by atoms with van der Waals surface area (Å²) in [5, 5.41) is 9.64. The maximum absolute atomic E-state index is 11.3. The number of esters is 1. The maximum Gasteiger partial charge on any atom is 0.316 e. The van der Waals surface area contributed by atoms with E-state index in [2.05, 4.69) is 4.74 Å². The number of aliphatic hydroxyl groups is 1. The Morgan fingerprint density at radius 2 is 2.14 bits per heavy atom. The predicted octanol–water partition coefficient (Wildman–Crippen LogP) is 1.22. The van der Waals surface area contributed by atoms with Crippen LogP contribution in [0.15, 0.2) is 11.3 Å². The molecule has 1 N–H and O–H groups in total. The minimum Gasteiger partial charge on any atom is -0.511 e. The Labute approximate surface area is 82.6 Å². The Morgan fingerprint density at radius 1 is 1.57 bits per heavy atom. The molecule has 0 bridgehead atoms. The first kappa shape index (κ1) is 10.8. The van der Waals surface area contributed by atoms with E-state index in [1.807, 2.05) is 0 Å². The number of carbonyl (C=O) groups is 2. The molecule has 2 atom stereocenters. The molecule has 0 aromatic heterocycles. The number of methoxy groups -OCH3 is 1. The van der Waals surface area contributed by atoms with Crippen molar-refractivity contribution in [2.75, 3.05) is 7.11 Å². The van der Waals surface area contributed by atoms with E-state index in [4.69, 9.17) is 0 Å². The van der Waals surface area contributed by atoms with Crippen LogP contribution in [0.5, 0.6) is 0 Å². The first-order valence-electron chi connectivity index (χ1n) is 4.49. The van der Waals surface area contributed by atoms with E-state index in [1.54, 1.807) is 6.92 Å². The van der Waals surface area contributed by atoms with Gasteiger partial charge in [0.05, 0.1) is 7.11 Å². The van der Waals surface area contributed by atoms with Crippen molar-refractivity contribution in [2.45, 2.75) is 20.3 Å². The van der Waals surface area contributed by atoms with E-state index in [0.717, 1.165) is 0 Å². The summed E-state index contributed by atoms with van der Waals surface area (Å²) in [4.78, 5) is 22.6. The van der Waals surface area contributed by atoms with Gasteiger partial charge in [-0.15, -0.1) is 0 Å². The molecule has 4 nitrogen and oxygen atoms in total. The summed E-state index contributed by atoms with van der Waals surface area (Å²) >= 11 is 0. The van der Waals surface area contributed by atoms with Gasteiger partial charge in [-0.05, 0) is 12.8 Å². The highest BCUT2D eigenvalue weighted by Gasteiger charge is 2.37. The predicted molar refractivity (Wildman–Crippen MR) is 49.6 cm³/mol. The lowest BCUT2D eigenvalue weighted by atomic mass is 9.80. The number of hydrogen-bond donors (Lipinski definition) is 1. The van der Waals surface area contributed by atoms with Gasteiger partial charge in [-0.1, -0.05) is 6.92 Å². The van der Waals surface area contributed by atoms with E-state index >= 15 is 0 Å². The number of allylic oxidation sites excluding steroid dienone is 1. The van der Waals surface area contributed by atoms with Crippen molar-refractivity contribution in [3.8, 4) is 0 Å². The molecule has 0 heterocycles. The number of ketones is 1. The van der Waals surface area contributed by atoms with Crippen LogP contribution in [0.25, 0.3) is 0 Å². The summed E-state index contributed by atoms with van der Waals surface area (Å²) in [5.74, 6) is -1.60. The van der Waals surface area contributed by atoms with Crippen molar-refractivity contribution in [2.24, 2.45) is 11.8 Å². The van der Waals surface area contributed by atoms with Crippen molar-refractivity contribution in [3.05, 3.63) is 11.3 Å².